The summed E-state index contributed by atoms with van der Waals surface area (Å²) in [6.45, 7) is 28.8. The third-order valence-corrected chi connectivity index (χ3v) is 19.9. The average molecular weight is 1450 g/mol. The van der Waals surface area contributed by atoms with Crippen molar-refractivity contribution in [1.82, 2.24) is 71.9 Å². The number of fused-ring (bicyclic) bond motifs is 4. The van der Waals surface area contributed by atoms with Crippen LogP contribution in [0.1, 0.15) is 45.5 Å². The minimum absolute atomic E-state index is 0. The van der Waals surface area contributed by atoms with Crippen LogP contribution in [0.5, 0.6) is 0 Å². The second-order valence-corrected chi connectivity index (χ2v) is 43.3. The Bertz CT molecular complexity index is 4670. The number of hydrogen-bond donors (Lipinski definition) is 2. The molecule has 0 saturated carbocycles. The third-order valence-electron chi connectivity index (χ3n) is 14.3. The molecular weight excluding hydrogens is 1360 g/mol. The molecule has 11 heterocycles. The van der Waals surface area contributed by atoms with Crippen LogP contribution in [0, 0.1) is 20.8 Å². The fraction of sp³-hybridized carbons (Fsp3) is 0.508. The zero-order chi connectivity index (χ0) is 70.3. The molecule has 2 aliphatic rings. The molecule has 2 aliphatic heterocycles. The van der Waals surface area contributed by atoms with E-state index in [1.165, 1.54) is 37.0 Å². The lowest BCUT2D eigenvalue weighted by Gasteiger charge is -2.15. The number of imidazole rings is 2. The van der Waals surface area contributed by atoms with Crippen LogP contribution >= 0.6 is 35.6 Å². The molecule has 2 N–H and O–H groups in total. The first-order valence-electron chi connectivity index (χ1n) is 30.2. The maximum absolute atomic E-state index is 13.0. The van der Waals surface area contributed by atoms with Gasteiger partial charge in [0.1, 0.15) is 59.8 Å². The Kier molecular flexibility index (Phi) is 28.5. The van der Waals surface area contributed by atoms with E-state index in [2.05, 4.69) is 104 Å². The van der Waals surface area contributed by atoms with Crippen molar-refractivity contribution in [3.63, 3.8) is 0 Å². The molecule has 0 saturated heterocycles. The summed E-state index contributed by atoms with van der Waals surface area (Å²) in [5, 5.41) is 11.3. The minimum atomic E-state index is -1.19. The summed E-state index contributed by atoms with van der Waals surface area (Å²) in [5.41, 5.74) is 1.16. The topological polar surface area (TPSA) is 364 Å². The molecule has 524 valence electrons. The zero-order valence-corrected chi connectivity index (χ0v) is 62.4. The van der Waals surface area contributed by atoms with Crippen LogP contribution in [0.2, 0.25) is 77.1 Å². The Morgan fingerprint density at radius 3 is 1.36 bits per heavy atom. The fourth-order valence-electron chi connectivity index (χ4n) is 8.90. The second kappa shape index (κ2) is 34.8. The molecule has 0 spiro atoms. The molecule has 0 radical (unpaired) electrons. The quantitative estimate of drug-likeness (QED) is 0.0498. The maximum atomic E-state index is 13.0. The highest BCUT2D eigenvalue weighted by Crippen LogP contribution is 2.19. The highest BCUT2D eigenvalue weighted by Gasteiger charge is 2.22. The van der Waals surface area contributed by atoms with Crippen LogP contribution in [0.4, 0.5) is 11.6 Å². The van der Waals surface area contributed by atoms with E-state index in [1.807, 2.05) is 13.0 Å². The van der Waals surface area contributed by atoms with Gasteiger partial charge < -0.3 is 36.9 Å². The standard InChI is InChI=1S/C17H25N5O4Si.C12H20N4O3Si.C12H12N4O3.C7H7N3O2.C6H15ClOSi.C5H6ClNO.ClH/c1-12-8-13(19-26-12)9-22-16(23)14-15(20(2)17(22)24)18-10-21(14)11-25-6-7-27(3,4)5;1-15-10-9(11(17)14-12(15)18)16(7-13-10)8-19-5-6-20(2,3)4;1-7-5-8(14-19-7)6-16-11(17)9-3-4-13-10(9)15(2)12(16)18;1-10-5-4(2-3-8-5)6(11)9-7(10)12;1-9(2,3)5-4-8-6-7;1-4-2-5(3-6)7-8-4;/h8,10H,6-7,9,11H2,1-5H3;7H,5-6,8H2,1-4H3,(H,14,17,18);4-5H,3,6H2,1-2H3;3H,2H2,1H3,(H,9,11,12);4-6H2,1-3H3;2H,3H2,1H3;1H. The molecule has 9 aromatic heterocycles. The summed E-state index contributed by atoms with van der Waals surface area (Å²) >= 11 is 10.7. The monoisotopic (exact) mass is 1450 g/mol. The summed E-state index contributed by atoms with van der Waals surface area (Å²) in [6.07, 6.45) is 7.28. The van der Waals surface area contributed by atoms with E-state index in [-0.39, 0.29) is 50.1 Å². The van der Waals surface area contributed by atoms with Gasteiger partial charge in [-0.15, -0.1) is 24.0 Å². The van der Waals surface area contributed by atoms with Crippen LogP contribution < -0.4 is 45.0 Å². The lowest BCUT2D eigenvalue weighted by molar-refractivity contribution is 0.0896. The lowest BCUT2D eigenvalue weighted by Crippen LogP contribution is -2.40. The second-order valence-electron chi connectivity index (χ2n) is 26.0. The van der Waals surface area contributed by atoms with E-state index in [0.717, 1.165) is 39.3 Å². The molecular formula is C59H86Cl3N17O14Si3. The number of ether oxygens (including phenoxy) is 3. The largest absolute Gasteiger partial charge is 0.366 e. The number of aromatic nitrogens is 15. The maximum Gasteiger partial charge on any atom is 0.332 e. The summed E-state index contributed by atoms with van der Waals surface area (Å²) in [5.74, 6) is 3.42. The molecule has 0 bridgehead atoms. The van der Waals surface area contributed by atoms with Gasteiger partial charge in [0.2, 0.25) is 0 Å². The van der Waals surface area contributed by atoms with Crippen molar-refractivity contribution < 1.29 is 27.8 Å². The summed E-state index contributed by atoms with van der Waals surface area (Å²) < 4.78 is 42.0. The van der Waals surface area contributed by atoms with Crippen molar-refractivity contribution in [2.45, 2.75) is 143 Å². The molecule has 9 aromatic rings. The summed E-state index contributed by atoms with van der Waals surface area (Å²) in [6, 6.07) is 8.86. The Balaban J connectivity index is 0.000000218. The zero-order valence-electron chi connectivity index (χ0n) is 57.0. The van der Waals surface area contributed by atoms with Crippen molar-refractivity contribution in [3.8, 4) is 0 Å². The normalized spacial score (nSPS) is 12.1. The Morgan fingerprint density at radius 1 is 0.510 bits per heavy atom. The Morgan fingerprint density at radius 2 is 0.917 bits per heavy atom. The number of nitrogens with zero attached hydrogens (tertiary/aromatic N) is 15. The molecule has 0 atom stereocenters. The van der Waals surface area contributed by atoms with Gasteiger partial charge in [-0.2, -0.15) is 0 Å². The molecule has 0 aliphatic carbocycles. The van der Waals surface area contributed by atoms with Gasteiger partial charge in [0, 0.05) is 116 Å². The van der Waals surface area contributed by atoms with Crippen LogP contribution in [0.25, 0.3) is 22.3 Å². The van der Waals surface area contributed by atoms with Crippen LogP contribution in [0.3, 0.4) is 0 Å². The average Bonchev–Trinajstić information content (AvgIpc) is 1.52. The van der Waals surface area contributed by atoms with E-state index in [9.17, 15) is 38.4 Å². The number of nitrogens with one attached hydrogen (secondary N) is 2. The van der Waals surface area contributed by atoms with Gasteiger partial charge in [0.15, 0.2) is 22.3 Å². The molecule has 31 nitrogen and oxygen atoms in total. The van der Waals surface area contributed by atoms with Crippen molar-refractivity contribution >= 4 is 106 Å². The first kappa shape index (κ1) is 78.7. The molecule has 0 unspecified atom stereocenters. The van der Waals surface area contributed by atoms with Gasteiger partial charge in [-0.25, -0.2) is 39.1 Å². The number of aromatic amines is 2. The molecule has 37 heteroatoms. The number of hydrogen-bond acceptors (Lipinski definition) is 21. The molecule has 0 aromatic carbocycles. The van der Waals surface area contributed by atoms with Crippen molar-refractivity contribution in [1.29, 1.82) is 0 Å². The highest BCUT2D eigenvalue weighted by molar-refractivity contribution is 6.76. The predicted octanol–water partition coefficient (Wildman–Crippen LogP) is 6.45. The van der Waals surface area contributed by atoms with Gasteiger partial charge in [-0.05, 0) is 38.9 Å². The minimum Gasteiger partial charge on any atom is -0.366 e. The van der Waals surface area contributed by atoms with Crippen LogP contribution in [-0.2, 0) is 87.7 Å². The van der Waals surface area contributed by atoms with Gasteiger partial charge in [0.25, 0.3) is 22.2 Å². The number of halogens is 3. The van der Waals surface area contributed by atoms with Crippen molar-refractivity contribution in [2.24, 2.45) is 38.2 Å². The molecule has 0 fully saturated rings. The smallest absolute Gasteiger partial charge is 0.332 e. The van der Waals surface area contributed by atoms with Crippen LogP contribution in [-0.4, -0.2) is 134 Å². The van der Waals surface area contributed by atoms with Crippen molar-refractivity contribution in [2.75, 3.05) is 25.9 Å². The van der Waals surface area contributed by atoms with E-state index >= 15 is 0 Å². The number of aryl methyl sites for hydroxylation is 5. The van der Waals surface area contributed by atoms with E-state index < -0.39 is 58.1 Å². The molecule has 0 amide bonds. The lowest BCUT2D eigenvalue weighted by atomic mass is 10.2. The molecule has 96 heavy (non-hydrogen) atoms. The van der Waals surface area contributed by atoms with Gasteiger partial charge >= 0.3 is 22.8 Å². The van der Waals surface area contributed by atoms with E-state index in [1.54, 1.807) is 75.7 Å². The fourth-order valence-corrected chi connectivity index (χ4v) is 11.4. The third kappa shape index (κ3) is 21.8. The van der Waals surface area contributed by atoms with E-state index in [4.69, 9.17) is 51.0 Å². The van der Waals surface area contributed by atoms with Gasteiger partial charge in [-0.3, -0.25) is 56.5 Å². The Hall–Kier alpha value is -7.97. The number of alkyl halides is 2. The number of aliphatic imine (C=N–C) groups is 2. The number of rotatable bonds is 19. The first-order valence-corrected chi connectivity index (χ1v) is 42.4. The summed E-state index contributed by atoms with van der Waals surface area (Å²) in [4.78, 5) is 116. The van der Waals surface area contributed by atoms with E-state index in [0.29, 0.717) is 106 Å². The predicted molar refractivity (Wildman–Crippen MR) is 379 cm³/mol. The van der Waals surface area contributed by atoms with Crippen molar-refractivity contribution in [3.05, 3.63) is 160 Å². The van der Waals surface area contributed by atoms with Crippen LogP contribution in [0.15, 0.2) is 92.8 Å². The first-order chi connectivity index (χ1) is 44.6. The van der Waals surface area contributed by atoms with Gasteiger partial charge in [0.05, 0.1) is 48.4 Å². The molecule has 11 rings (SSSR count). The SMILES string of the molecule is C[Si](C)(C)CCOCCl.Cc1cc(CCl)no1.Cc1cc(Cn2c(=O)c3c(n(C)c2=O)N=CC3)no1.Cc1cc(Cn2c(=O)c3c(ncn3COCC[Si](C)(C)C)n(C)c2=O)no1.Cl.Cn1c(=O)[nH]c(=O)c2c1ncn2COCC[Si](C)(C)C.Cn1c2c(c(=O)[nH]c1=O)CC=N2. The highest BCUT2D eigenvalue weighted by atomic mass is 35.5. The Labute approximate surface area is 569 Å². The van der Waals surface area contributed by atoms with Gasteiger partial charge in [-0.1, -0.05) is 86.0 Å². The number of H-pyrrole nitrogens is 2. The summed E-state index contributed by atoms with van der Waals surface area (Å²) in [7, 11) is 3.17.